The van der Waals surface area contributed by atoms with Gasteiger partial charge in [-0.1, -0.05) is 44.2 Å². The summed E-state index contributed by atoms with van der Waals surface area (Å²) < 4.78 is 45.7. The van der Waals surface area contributed by atoms with Crippen LogP contribution in [0.4, 0.5) is 13.2 Å². The van der Waals surface area contributed by atoms with E-state index in [4.69, 9.17) is 4.74 Å². The fourth-order valence-corrected chi connectivity index (χ4v) is 3.78. The van der Waals surface area contributed by atoms with E-state index in [1.807, 2.05) is 38.1 Å². The Morgan fingerprint density at radius 3 is 2.06 bits per heavy atom. The molecule has 1 aliphatic heterocycles. The molecule has 172 valence electrons. The van der Waals surface area contributed by atoms with Crippen molar-refractivity contribution in [2.24, 2.45) is 0 Å². The summed E-state index contributed by atoms with van der Waals surface area (Å²) in [6, 6.07) is 12.3. The molecule has 5 nitrogen and oxygen atoms in total. The lowest BCUT2D eigenvalue weighted by Crippen LogP contribution is -2.53. The molecular formula is C24H27F3N2O3. The van der Waals surface area contributed by atoms with Gasteiger partial charge >= 0.3 is 6.18 Å². The molecule has 8 heteroatoms. The first-order valence-electron chi connectivity index (χ1n) is 10.6. The monoisotopic (exact) mass is 448 g/mol. The van der Waals surface area contributed by atoms with Crippen LogP contribution in [0.5, 0.6) is 5.75 Å². The van der Waals surface area contributed by atoms with Gasteiger partial charge in [-0.15, -0.1) is 0 Å². The SMILES string of the molecule is CC(Oc1ccccc1C(C)C)C(=O)N1CCN(C(=O)c2ccccc2C(F)(F)F)CC1. The fraction of sp³-hybridized carbons (Fsp3) is 0.417. The Bertz CT molecular complexity index is 967. The Labute approximate surface area is 185 Å². The number of piperazine rings is 1. The van der Waals surface area contributed by atoms with Crippen molar-refractivity contribution in [2.45, 2.75) is 39.0 Å². The predicted molar refractivity (Wildman–Crippen MR) is 115 cm³/mol. The minimum absolute atomic E-state index is 0.159. The van der Waals surface area contributed by atoms with Crippen LogP contribution in [0.1, 0.15) is 48.2 Å². The van der Waals surface area contributed by atoms with Crippen molar-refractivity contribution in [3.05, 3.63) is 65.2 Å². The average molecular weight is 448 g/mol. The highest BCUT2D eigenvalue weighted by Crippen LogP contribution is 2.32. The Morgan fingerprint density at radius 2 is 1.44 bits per heavy atom. The number of rotatable bonds is 5. The van der Waals surface area contributed by atoms with Crippen LogP contribution in [0.3, 0.4) is 0 Å². The lowest BCUT2D eigenvalue weighted by molar-refractivity contribution is -0.139. The summed E-state index contributed by atoms with van der Waals surface area (Å²) in [7, 11) is 0. The van der Waals surface area contributed by atoms with E-state index < -0.39 is 23.8 Å². The zero-order valence-electron chi connectivity index (χ0n) is 18.4. The van der Waals surface area contributed by atoms with Gasteiger partial charge in [0.2, 0.25) is 0 Å². The summed E-state index contributed by atoms with van der Waals surface area (Å²) in [5, 5.41) is 0. The molecule has 1 heterocycles. The van der Waals surface area contributed by atoms with Gasteiger partial charge in [0.15, 0.2) is 6.10 Å². The van der Waals surface area contributed by atoms with Crippen molar-refractivity contribution < 1.29 is 27.5 Å². The number of carbonyl (C=O) groups excluding carboxylic acids is 2. The zero-order valence-corrected chi connectivity index (χ0v) is 18.4. The van der Waals surface area contributed by atoms with Gasteiger partial charge in [0.05, 0.1) is 11.1 Å². The Kier molecular flexibility index (Phi) is 7.11. The molecule has 3 rings (SSSR count). The average Bonchev–Trinajstić information content (AvgIpc) is 2.77. The predicted octanol–water partition coefficient (Wildman–Crippen LogP) is 4.58. The van der Waals surface area contributed by atoms with E-state index in [-0.39, 0.29) is 43.6 Å². The number of para-hydroxylation sites is 1. The van der Waals surface area contributed by atoms with Gasteiger partial charge in [-0.05, 0) is 36.6 Å². The van der Waals surface area contributed by atoms with Gasteiger partial charge in [-0.25, -0.2) is 0 Å². The number of carbonyl (C=O) groups is 2. The zero-order chi connectivity index (χ0) is 23.5. The van der Waals surface area contributed by atoms with Crippen LogP contribution in [-0.4, -0.2) is 53.9 Å². The quantitative estimate of drug-likeness (QED) is 0.673. The second-order valence-electron chi connectivity index (χ2n) is 8.11. The van der Waals surface area contributed by atoms with E-state index in [0.717, 1.165) is 11.6 Å². The minimum Gasteiger partial charge on any atom is -0.481 e. The third-order valence-electron chi connectivity index (χ3n) is 5.53. The van der Waals surface area contributed by atoms with Crippen molar-refractivity contribution >= 4 is 11.8 Å². The van der Waals surface area contributed by atoms with Gasteiger partial charge in [0.25, 0.3) is 11.8 Å². The number of halogens is 3. The number of benzene rings is 2. The first-order chi connectivity index (χ1) is 15.1. The molecule has 1 saturated heterocycles. The minimum atomic E-state index is -4.61. The van der Waals surface area contributed by atoms with Gasteiger partial charge in [0, 0.05) is 26.2 Å². The summed E-state index contributed by atoms with van der Waals surface area (Å²) in [5.74, 6) is -0.00455. The Balaban J connectivity index is 1.62. The van der Waals surface area contributed by atoms with Gasteiger partial charge in [0.1, 0.15) is 5.75 Å². The summed E-state index contributed by atoms with van der Waals surface area (Å²) in [6.07, 6.45) is -5.33. The van der Waals surface area contributed by atoms with Crippen molar-refractivity contribution in [1.82, 2.24) is 9.80 Å². The largest absolute Gasteiger partial charge is 0.481 e. The third-order valence-corrected chi connectivity index (χ3v) is 5.53. The van der Waals surface area contributed by atoms with E-state index in [1.54, 1.807) is 11.8 Å². The molecule has 0 aromatic heterocycles. The Morgan fingerprint density at radius 1 is 0.875 bits per heavy atom. The summed E-state index contributed by atoms with van der Waals surface area (Å²) in [4.78, 5) is 28.5. The van der Waals surface area contributed by atoms with Crippen LogP contribution in [-0.2, 0) is 11.0 Å². The molecule has 1 aliphatic rings. The second kappa shape index (κ2) is 9.63. The van der Waals surface area contributed by atoms with Gasteiger partial charge < -0.3 is 14.5 Å². The molecule has 2 aromatic carbocycles. The summed E-state index contributed by atoms with van der Waals surface area (Å²) >= 11 is 0. The number of alkyl halides is 3. The number of nitrogens with zero attached hydrogens (tertiary/aromatic N) is 2. The van der Waals surface area contributed by atoms with Crippen LogP contribution in [0.25, 0.3) is 0 Å². The molecule has 1 atom stereocenters. The second-order valence-corrected chi connectivity index (χ2v) is 8.11. The molecule has 0 saturated carbocycles. The molecule has 32 heavy (non-hydrogen) atoms. The first kappa shape index (κ1) is 23.6. The maximum Gasteiger partial charge on any atom is 0.417 e. The van der Waals surface area contributed by atoms with Crippen LogP contribution >= 0.6 is 0 Å². The summed E-state index contributed by atoms with van der Waals surface area (Å²) in [5.41, 5.74) is -0.318. The maximum absolute atomic E-state index is 13.3. The highest BCUT2D eigenvalue weighted by Gasteiger charge is 2.37. The lowest BCUT2D eigenvalue weighted by atomic mass is 10.0. The number of hydrogen-bond acceptors (Lipinski definition) is 3. The maximum atomic E-state index is 13.3. The van der Waals surface area contributed by atoms with Gasteiger partial charge in [-0.3, -0.25) is 9.59 Å². The van der Waals surface area contributed by atoms with E-state index >= 15 is 0 Å². The highest BCUT2D eigenvalue weighted by molar-refractivity contribution is 5.96. The van der Waals surface area contributed by atoms with E-state index in [1.165, 1.54) is 23.1 Å². The molecular weight excluding hydrogens is 421 g/mol. The van der Waals surface area contributed by atoms with Crippen molar-refractivity contribution in [3.8, 4) is 5.75 Å². The van der Waals surface area contributed by atoms with E-state index in [9.17, 15) is 22.8 Å². The summed E-state index contributed by atoms with van der Waals surface area (Å²) in [6.45, 7) is 6.55. The van der Waals surface area contributed by atoms with E-state index in [0.29, 0.717) is 5.75 Å². The molecule has 2 amide bonds. The normalized spacial score (nSPS) is 15.6. The molecule has 1 fully saturated rings. The van der Waals surface area contributed by atoms with Crippen molar-refractivity contribution in [3.63, 3.8) is 0 Å². The first-order valence-corrected chi connectivity index (χ1v) is 10.6. The van der Waals surface area contributed by atoms with Gasteiger partial charge in [-0.2, -0.15) is 13.2 Å². The third kappa shape index (κ3) is 5.23. The lowest BCUT2D eigenvalue weighted by Gasteiger charge is -2.36. The standard InChI is InChI=1S/C24H27F3N2O3/c1-16(2)18-8-5-7-11-21(18)32-17(3)22(30)28-12-14-29(15-13-28)23(31)19-9-4-6-10-20(19)24(25,26)27/h4-11,16-17H,12-15H2,1-3H3. The van der Waals surface area contributed by atoms with Crippen LogP contribution in [0.15, 0.2) is 48.5 Å². The highest BCUT2D eigenvalue weighted by atomic mass is 19.4. The Hall–Kier alpha value is -3.03. The smallest absolute Gasteiger partial charge is 0.417 e. The molecule has 0 N–H and O–H groups in total. The van der Waals surface area contributed by atoms with Crippen LogP contribution < -0.4 is 4.74 Å². The number of amides is 2. The van der Waals surface area contributed by atoms with E-state index in [2.05, 4.69) is 0 Å². The fourth-order valence-electron chi connectivity index (χ4n) is 3.78. The molecule has 0 spiro atoms. The molecule has 2 aromatic rings. The topological polar surface area (TPSA) is 49.9 Å². The number of hydrogen-bond donors (Lipinski definition) is 0. The number of ether oxygens (including phenoxy) is 1. The van der Waals surface area contributed by atoms with Crippen LogP contribution in [0, 0.1) is 0 Å². The van der Waals surface area contributed by atoms with Crippen molar-refractivity contribution in [1.29, 1.82) is 0 Å². The van der Waals surface area contributed by atoms with Crippen molar-refractivity contribution in [2.75, 3.05) is 26.2 Å². The molecule has 0 radical (unpaired) electrons. The van der Waals surface area contributed by atoms with Crippen LogP contribution in [0.2, 0.25) is 0 Å². The molecule has 1 unspecified atom stereocenters. The molecule has 0 aliphatic carbocycles. The molecule has 0 bridgehead atoms.